The van der Waals surface area contributed by atoms with Crippen LogP contribution in [0.4, 0.5) is 8.78 Å². The van der Waals surface area contributed by atoms with Crippen molar-refractivity contribution in [1.82, 2.24) is 0 Å². The predicted octanol–water partition coefficient (Wildman–Crippen LogP) is 1.73. The van der Waals surface area contributed by atoms with E-state index >= 15 is 0 Å². The topological polar surface area (TPSA) is 12.4 Å². The first-order valence-corrected chi connectivity index (χ1v) is 3.50. The van der Waals surface area contributed by atoms with E-state index in [0.29, 0.717) is 12.8 Å². The van der Waals surface area contributed by atoms with Crippen molar-refractivity contribution in [2.45, 2.75) is 24.8 Å². The minimum absolute atomic E-state index is 0.120. The largest absolute Gasteiger partial charge is 0.298 e. The smallest absolute Gasteiger partial charge is 0.254 e. The minimum atomic E-state index is -2.35. The van der Waals surface area contributed by atoms with Crippen LogP contribution in [0.1, 0.15) is 12.8 Å². The molecule has 3 heteroatoms. The second kappa shape index (κ2) is 1.57. The highest BCUT2D eigenvalue weighted by atomic mass is 19.3. The Morgan fingerprint density at radius 1 is 1.30 bits per heavy atom. The van der Waals surface area contributed by atoms with E-state index in [-0.39, 0.29) is 17.9 Å². The Kier molecular flexibility index (Phi) is 0.984. The summed E-state index contributed by atoms with van der Waals surface area (Å²) in [5.74, 6) is -3.06. The number of hydrogen-bond acceptors (Lipinski definition) is 1. The molecule has 0 aliphatic heterocycles. The van der Waals surface area contributed by atoms with Crippen LogP contribution in [0, 0.1) is 11.8 Å². The zero-order valence-electron chi connectivity index (χ0n) is 5.56. The maximum Gasteiger partial charge on any atom is 0.254 e. The number of halogens is 2. The predicted molar refractivity (Wildman–Crippen MR) is 34.5 cm³/mol. The molecule has 2 unspecified atom stereocenters. The Labute approximate surface area is 58.1 Å². The van der Waals surface area contributed by atoms with Crippen LogP contribution in [0.3, 0.4) is 0 Å². The van der Waals surface area contributed by atoms with Gasteiger partial charge in [-0.3, -0.25) is 4.99 Å². The second-order valence-corrected chi connectivity index (χ2v) is 3.20. The highest BCUT2D eigenvalue weighted by Crippen LogP contribution is 2.64. The maximum absolute atomic E-state index is 12.5. The lowest BCUT2D eigenvalue weighted by molar-refractivity contribution is 0.0701. The highest BCUT2D eigenvalue weighted by Gasteiger charge is 2.71. The molecule has 0 N–H and O–H groups in total. The van der Waals surface area contributed by atoms with Crippen molar-refractivity contribution in [3.8, 4) is 0 Å². The lowest BCUT2D eigenvalue weighted by Crippen LogP contribution is -2.09. The van der Waals surface area contributed by atoms with Crippen LogP contribution in [0.15, 0.2) is 4.99 Å². The molecule has 2 atom stereocenters. The first-order chi connectivity index (χ1) is 4.66. The summed E-state index contributed by atoms with van der Waals surface area (Å²) in [5, 5.41) is 0. The first-order valence-electron chi connectivity index (χ1n) is 3.50. The van der Waals surface area contributed by atoms with Gasteiger partial charge in [0.05, 0.1) is 6.04 Å². The van der Waals surface area contributed by atoms with Crippen molar-refractivity contribution in [3.63, 3.8) is 0 Å². The van der Waals surface area contributed by atoms with Crippen molar-refractivity contribution in [1.29, 1.82) is 0 Å². The summed E-state index contributed by atoms with van der Waals surface area (Å²) in [6.45, 7) is 3.35. The van der Waals surface area contributed by atoms with Crippen molar-refractivity contribution in [2.75, 3.05) is 0 Å². The fourth-order valence-corrected chi connectivity index (χ4v) is 1.93. The van der Waals surface area contributed by atoms with Crippen LogP contribution in [0.25, 0.3) is 0 Å². The fraction of sp³-hybridized carbons (Fsp3) is 0.857. The molecule has 2 fully saturated rings. The number of aliphatic imine (C=N–C) groups is 1. The average molecular weight is 145 g/mol. The normalized spacial score (nSPS) is 48.4. The standard InChI is InChI=1S/C7H9F2N/c1-10-4-2-5-6(3-4)7(5,8)9/h4-6H,1-3H2. The summed E-state index contributed by atoms with van der Waals surface area (Å²) >= 11 is 0. The first kappa shape index (κ1) is 6.25. The van der Waals surface area contributed by atoms with Crippen LogP contribution in [0.5, 0.6) is 0 Å². The van der Waals surface area contributed by atoms with Crippen molar-refractivity contribution in [2.24, 2.45) is 16.8 Å². The van der Waals surface area contributed by atoms with Gasteiger partial charge in [0.25, 0.3) is 5.92 Å². The summed E-state index contributed by atoms with van der Waals surface area (Å²) in [6, 6.07) is 0.120. The molecule has 0 radical (unpaired) electrons. The van der Waals surface area contributed by atoms with E-state index < -0.39 is 5.92 Å². The van der Waals surface area contributed by atoms with Crippen LogP contribution >= 0.6 is 0 Å². The van der Waals surface area contributed by atoms with Gasteiger partial charge in [0.2, 0.25) is 0 Å². The molecule has 0 heterocycles. The number of alkyl halides is 2. The van der Waals surface area contributed by atoms with E-state index in [1.807, 2.05) is 0 Å². The van der Waals surface area contributed by atoms with Gasteiger partial charge in [0.15, 0.2) is 0 Å². The Morgan fingerprint density at radius 2 is 1.80 bits per heavy atom. The number of nitrogens with zero attached hydrogens (tertiary/aromatic N) is 1. The molecule has 56 valence electrons. The Morgan fingerprint density at radius 3 is 2.20 bits per heavy atom. The monoisotopic (exact) mass is 145 g/mol. The molecule has 0 aromatic carbocycles. The van der Waals surface area contributed by atoms with Gasteiger partial charge >= 0.3 is 0 Å². The van der Waals surface area contributed by atoms with Gasteiger partial charge in [-0.25, -0.2) is 8.78 Å². The summed E-state index contributed by atoms with van der Waals surface area (Å²) in [7, 11) is 0. The van der Waals surface area contributed by atoms with Crippen molar-refractivity contribution in [3.05, 3.63) is 0 Å². The summed E-state index contributed by atoms with van der Waals surface area (Å²) in [4.78, 5) is 3.75. The van der Waals surface area contributed by atoms with E-state index in [9.17, 15) is 8.78 Å². The zero-order chi connectivity index (χ0) is 7.35. The Hall–Kier alpha value is -0.470. The third-order valence-corrected chi connectivity index (χ3v) is 2.68. The quantitative estimate of drug-likeness (QED) is 0.498. The van der Waals surface area contributed by atoms with Gasteiger partial charge in [-0.05, 0) is 19.6 Å². The van der Waals surface area contributed by atoms with E-state index in [0.717, 1.165) is 0 Å². The van der Waals surface area contributed by atoms with Gasteiger partial charge in [0, 0.05) is 11.8 Å². The summed E-state index contributed by atoms with van der Waals surface area (Å²) in [5.41, 5.74) is 0. The molecule has 2 saturated carbocycles. The van der Waals surface area contributed by atoms with Crippen LogP contribution in [-0.2, 0) is 0 Å². The SMILES string of the molecule is C=NC1CC2C(C1)C2(F)F. The molecule has 0 amide bonds. The van der Waals surface area contributed by atoms with E-state index in [2.05, 4.69) is 11.7 Å². The molecular formula is C7H9F2N. The molecule has 0 aromatic heterocycles. The van der Waals surface area contributed by atoms with Gasteiger partial charge in [0.1, 0.15) is 0 Å². The van der Waals surface area contributed by atoms with E-state index in [1.165, 1.54) is 0 Å². The minimum Gasteiger partial charge on any atom is -0.298 e. The lowest BCUT2D eigenvalue weighted by Gasteiger charge is -2.06. The van der Waals surface area contributed by atoms with Crippen molar-refractivity contribution >= 4 is 6.72 Å². The molecule has 1 nitrogen and oxygen atoms in total. The Bertz CT molecular complexity index is 164. The lowest BCUT2D eigenvalue weighted by atomic mass is 10.1. The average Bonchev–Trinajstić information content (AvgIpc) is 2.37. The molecule has 2 aliphatic carbocycles. The number of fused-ring (bicyclic) bond motifs is 1. The number of hydrogen-bond donors (Lipinski definition) is 0. The van der Waals surface area contributed by atoms with Crippen LogP contribution in [-0.4, -0.2) is 18.7 Å². The second-order valence-electron chi connectivity index (χ2n) is 3.20. The third-order valence-electron chi connectivity index (χ3n) is 2.68. The molecule has 0 saturated heterocycles. The van der Waals surface area contributed by atoms with Gasteiger partial charge < -0.3 is 0 Å². The van der Waals surface area contributed by atoms with Gasteiger partial charge in [-0.2, -0.15) is 0 Å². The molecule has 10 heavy (non-hydrogen) atoms. The zero-order valence-corrected chi connectivity index (χ0v) is 5.56. The summed E-state index contributed by atoms with van der Waals surface area (Å²) < 4.78 is 25.0. The van der Waals surface area contributed by atoms with Gasteiger partial charge in [-0.1, -0.05) is 0 Å². The molecule has 0 bridgehead atoms. The molecule has 0 spiro atoms. The molecule has 0 aromatic rings. The summed E-state index contributed by atoms with van der Waals surface area (Å²) in [6.07, 6.45) is 1.11. The van der Waals surface area contributed by atoms with E-state index in [1.54, 1.807) is 0 Å². The number of rotatable bonds is 1. The van der Waals surface area contributed by atoms with Crippen LogP contribution < -0.4 is 0 Å². The molecule has 2 rings (SSSR count). The third kappa shape index (κ3) is 0.580. The van der Waals surface area contributed by atoms with E-state index in [4.69, 9.17) is 0 Å². The fourth-order valence-electron chi connectivity index (χ4n) is 1.93. The maximum atomic E-state index is 12.5. The van der Waals surface area contributed by atoms with Crippen LogP contribution in [0.2, 0.25) is 0 Å². The molecular weight excluding hydrogens is 136 g/mol. The Balaban J connectivity index is 2.01. The highest BCUT2D eigenvalue weighted by molar-refractivity contribution is 5.26. The van der Waals surface area contributed by atoms with Crippen molar-refractivity contribution < 1.29 is 8.78 Å². The molecule has 2 aliphatic rings. The van der Waals surface area contributed by atoms with Gasteiger partial charge in [-0.15, -0.1) is 0 Å².